The van der Waals surface area contributed by atoms with Gasteiger partial charge >= 0.3 is 0 Å². The Labute approximate surface area is 171 Å². The summed E-state index contributed by atoms with van der Waals surface area (Å²) in [5.41, 5.74) is 1.58. The molecule has 1 aliphatic rings. The molecule has 1 aliphatic heterocycles. The Kier molecular flexibility index (Phi) is 6.11. The fourth-order valence-corrected chi connectivity index (χ4v) is 3.22. The lowest BCUT2D eigenvalue weighted by molar-refractivity contribution is 0.0535. The fraction of sp³-hybridized carbons (Fsp3) is 0.200. The lowest BCUT2D eigenvalue weighted by atomic mass is 10.1. The highest BCUT2D eigenvalue weighted by atomic mass is 35.5. The lowest BCUT2D eigenvalue weighted by Crippen LogP contribution is -2.50. The Morgan fingerprint density at radius 1 is 0.536 bits per heavy atom. The van der Waals surface area contributed by atoms with Crippen LogP contribution < -0.4 is 0 Å². The van der Waals surface area contributed by atoms with Crippen molar-refractivity contribution in [3.05, 3.63) is 70.8 Å². The molecule has 0 atom stereocenters. The topological polar surface area (TPSA) is 74.8 Å². The predicted octanol–water partition coefficient (Wildman–Crippen LogP) is 3.04. The molecule has 0 aliphatic carbocycles. The zero-order valence-corrected chi connectivity index (χ0v) is 16.2. The average molecular weight is 419 g/mol. The molecule has 0 saturated carbocycles. The molecule has 2 aromatic rings. The molecule has 1 saturated heterocycles. The molecule has 144 valence electrons. The van der Waals surface area contributed by atoms with E-state index in [-0.39, 0.29) is 11.8 Å². The van der Waals surface area contributed by atoms with Crippen LogP contribution in [0.25, 0.3) is 0 Å². The molecule has 28 heavy (non-hydrogen) atoms. The second kappa shape index (κ2) is 8.54. The van der Waals surface area contributed by atoms with Gasteiger partial charge in [-0.2, -0.15) is 0 Å². The van der Waals surface area contributed by atoms with E-state index in [0.29, 0.717) is 48.4 Å². The molecule has 0 N–H and O–H groups in total. The molecule has 0 unspecified atom stereocenters. The summed E-state index contributed by atoms with van der Waals surface area (Å²) in [6.45, 7) is 1.61. The largest absolute Gasteiger partial charge is 0.335 e. The van der Waals surface area contributed by atoms with Gasteiger partial charge in [0, 0.05) is 48.4 Å². The maximum atomic E-state index is 12.6. The van der Waals surface area contributed by atoms with Crippen molar-refractivity contribution in [2.45, 2.75) is 0 Å². The molecule has 0 radical (unpaired) electrons. The van der Waals surface area contributed by atoms with Gasteiger partial charge in [-0.25, -0.2) is 0 Å². The Morgan fingerprint density at radius 3 is 1.04 bits per heavy atom. The molecule has 1 fully saturated rings. The molecule has 8 heteroatoms. The van der Waals surface area contributed by atoms with Gasteiger partial charge in [-0.3, -0.25) is 19.2 Å². The highest BCUT2D eigenvalue weighted by Gasteiger charge is 2.25. The van der Waals surface area contributed by atoms with Gasteiger partial charge in [-0.1, -0.05) is 0 Å². The van der Waals surface area contributed by atoms with Crippen LogP contribution in [0.1, 0.15) is 41.4 Å². The van der Waals surface area contributed by atoms with E-state index in [1.807, 2.05) is 0 Å². The van der Waals surface area contributed by atoms with Crippen molar-refractivity contribution >= 4 is 45.5 Å². The summed E-state index contributed by atoms with van der Waals surface area (Å²) in [5, 5.41) is -1.15. The molecule has 0 aromatic heterocycles. The second-order valence-electron chi connectivity index (χ2n) is 6.29. The highest BCUT2D eigenvalue weighted by Crippen LogP contribution is 2.14. The van der Waals surface area contributed by atoms with E-state index in [9.17, 15) is 19.2 Å². The molecular weight excluding hydrogens is 403 g/mol. The van der Waals surface area contributed by atoms with Gasteiger partial charge in [0.1, 0.15) is 0 Å². The van der Waals surface area contributed by atoms with Crippen LogP contribution in [-0.2, 0) is 0 Å². The molecule has 0 bridgehead atoms. The standard InChI is InChI=1S/C20H16Cl2N2O4/c21-17(25)13-1-5-15(6-2-13)19(27)23-9-11-24(12-10-23)20(28)16-7-3-14(4-8-16)18(22)26/h1-8H,9-12H2. The van der Waals surface area contributed by atoms with Crippen molar-refractivity contribution in [1.29, 1.82) is 0 Å². The van der Waals surface area contributed by atoms with Crippen LogP contribution in [0.5, 0.6) is 0 Å². The number of carbonyl (C=O) groups is 4. The Balaban J connectivity index is 1.60. The first-order valence-electron chi connectivity index (χ1n) is 8.55. The smallest absolute Gasteiger partial charge is 0.253 e. The van der Waals surface area contributed by atoms with Crippen LogP contribution >= 0.6 is 23.2 Å². The average Bonchev–Trinajstić information content (AvgIpc) is 2.73. The number of hydrogen-bond acceptors (Lipinski definition) is 4. The lowest BCUT2D eigenvalue weighted by Gasteiger charge is -2.35. The monoisotopic (exact) mass is 418 g/mol. The summed E-state index contributed by atoms with van der Waals surface area (Å²) in [7, 11) is 0. The number of carbonyl (C=O) groups excluding carboxylic acids is 4. The zero-order chi connectivity index (χ0) is 20.3. The van der Waals surface area contributed by atoms with Crippen LogP contribution in [0.2, 0.25) is 0 Å². The minimum absolute atomic E-state index is 0.161. The maximum absolute atomic E-state index is 12.6. The molecular formula is C20H16Cl2N2O4. The number of rotatable bonds is 4. The van der Waals surface area contributed by atoms with Gasteiger partial charge in [-0.15, -0.1) is 0 Å². The van der Waals surface area contributed by atoms with Crippen LogP contribution in [-0.4, -0.2) is 58.3 Å². The first kappa shape index (κ1) is 20.0. The third kappa shape index (κ3) is 4.40. The van der Waals surface area contributed by atoms with E-state index < -0.39 is 10.5 Å². The Morgan fingerprint density at radius 2 is 0.786 bits per heavy atom. The quantitative estimate of drug-likeness (QED) is 0.715. The number of piperazine rings is 1. The molecule has 2 amide bonds. The van der Waals surface area contributed by atoms with E-state index in [1.165, 1.54) is 24.3 Å². The summed E-state index contributed by atoms with van der Waals surface area (Å²) in [5.74, 6) is -0.323. The number of benzene rings is 2. The van der Waals surface area contributed by atoms with Gasteiger partial charge in [-0.05, 0) is 71.7 Å². The van der Waals surface area contributed by atoms with Gasteiger partial charge in [0.25, 0.3) is 22.3 Å². The summed E-state index contributed by atoms with van der Waals surface area (Å²) in [6.07, 6.45) is 0. The number of halogens is 2. The molecule has 0 spiro atoms. The van der Waals surface area contributed by atoms with E-state index in [4.69, 9.17) is 23.2 Å². The van der Waals surface area contributed by atoms with Crippen molar-refractivity contribution in [3.63, 3.8) is 0 Å². The van der Waals surface area contributed by atoms with Crippen molar-refractivity contribution in [2.75, 3.05) is 26.2 Å². The normalized spacial score (nSPS) is 13.9. The third-order valence-electron chi connectivity index (χ3n) is 4.57. The molecule has 1 heterocycles. The maximum Gasteiger partial charge on any atom is 0.253 e. The van der Waals surface area contributed by atoms with Crippen molar-refractivity contribution in [3.8, 4) is 0 Å². The van der Waals surface area contributed by atoms with Crippen molar-refractivity contribution in [2.24, 2.45) is 0 Å². The van der Waals surface area contributed by atoms with Crippen molar-refractivity contribution < 1.29 is 19.2 Å². The van der Waals surface area contributed by atoms with Gasteiger partial charge in [0.15, 0.2) is 0 Å². The number of hydrogen-bond donors (Lipinski definition) is 0. The second-order valence-corrected chi connectivity index (χ2v) is 6.97. The summed E-state index contributed by atoms with van der Waals surface area (Å²) in [4.78, 5) is 50.7. The molecule has 2 aromatic carbocycles. The first-order valence-corrected chi connectivity index (χ1v) is 9.31. The minimum atomic E-state index is -0.574. The van der Waals surface area contributed by atoms with Gasteiger partial charge in [0.05, 0.1) is 0 Å². The van der Waals surface area contributed by atoms with E-state index in [2.05, 4.69) is 0 Å². The van der Waals surface area contributed by atoms with Crippen LogP contribution in [0.4, 0.5) is 0 Å². The first-order chi connectivity index (χ1) is 13.4. The number of amides is 2. The van der Waals surface area contributed by atoms with Crippen LogP contribution in [0.15, 0.2) is 48.5 Å². The number of nitrogens with zero attached hydrogens (tertiary/aromatic N) is 2. The zero-order valence-electron chi connectivity index (χ0n) is 14.7. The van der Waals surface area contributed by atoms with E-state index in [1.54, 1.807) is 34.1 Å². The Hall–Kier alpha value is -2.70. The highest BCUT2D eigenvalue weighted by molar-refractivity contribution is 6.68. The fourth-order valence-electron chi connectivity index (χ4n) is 2.97. The minimum Gasteiger partial charge on any atom is -0.335 e. The third-order valence-corrected chi connectivity index (χ3v) is 5.01. The van der Waals surface area contributed by atoms with Gasteiger partial charge in [0.2, 0.25) is 0 Å². The SMILES string of the molecule is O=C(Cl)c1ccc(C(=O)N2CCN(C(=O)c3ccc(C(=O)Cl)cc3)CC2)cc1. The van der Waals surface area contributed by atoms with Crippen molar-refractivity contribution in [1.82, 2.24) is 9.80 Å². The molecule has 3 rings (SSSR count). The predicted molar refractivity (Wildman–Crippen MR) is 105 cm³/mol. The van der Waals surface area contributed by atoms with Crippen LogP contribution in [0, 0.1) is 0 Å². The summed E-state index contributed by atoms with van der Waals surface area (Å²) >= 11 is 10.8. The van der Waals surface area contributed by atoms with Crippen LogP contribution in [0.3, 0.4) is 0 Å². The summed E-state index contributed by atoms with van der Waals surface area (Å²) < 4.78 is 0. The van der Waals surface area contributed by atoms with E-state index in [0.717, 1.165) is 0 Å². The molecule has 6 nitrogen and oxygen atoms in total. The van der Waals surface area contributed by atoms with Gasteiger partial charge < -0.3 is 9.80 Å². The Bertz CT molecular complexity index is 841. The van der Waals surface area contributed by atoms with E-state index >= 15 is 0 Å². The summed E-state index contributed by atoms with van der Waals surface area (Å²) in [6, 6.07) is 12.3.